The predicted molar refractivity (Wildman–Crippen MR) is 89.3 cm³/mol. The molecule has 3 aromatic heterocycles. The summed E-state index contributed by atoms with van der Waals surface area (Å²) in [5, 5.41) is 0. The Bertz CT molecular complexity index is 894. The number of rotatable bonds is 3. The molecule has 0 fully saturated rings. The first-order chi connectivity index (χ1) is 11.6. The summed E-state index contributed by atoms with van der Waals surface area (Å²) in [6, 6.07) is 1.84. The van der Waals surface area contributed by atoms with E-state index in [1.165, 1.54) is 0 Å². The molecule has 4 heterocycles. The van der Waals surface area contributed by atoms with Crippen LogP contribution in [0.2, 0.25) is 0 Å². The molecule has 0 aliphatic carbocycles. The fourth-order valence-corrected chi connectivity index (χ4v) is 3.13. The fraction of sp³-hybridized carbons (Fsp3) is 0.412. The van der Waals surface area contributed by atoms with Crippen LogP contribution in [-0.2, 0) is 19.6 Å². The third kappa shape index (κ3) is 2.55. The van der Waals surface area contributed by atoms with Crippen molar-refractivity contribution in [3.8, 4) is 0 Å². The fourth-order valence-electron chi connectivity index (χ4n) is 3.13. The van der Waals surface area contributed by atoms with E-state index < -0.39 is 0 Å². The summed E-state index contributed by atoms with van der Waals surface area (Å²) in [6.07, 6.45) is 7.08. The van der Waals surface area contributed by atoms with Gasteiger partial charge in [-0.2, -0.15) is 0 Å². The Balaban J connectivity index is 1.59. The van der Waals surface area contributed by atoms with Gasteiger partial charge in [0.15, 0.2) is 5.65 Å². The van der Waals surface area contributed by atoms with Gasteiger partial charge >= 0.3 is 0 Å². The van der Waals surface area contributed by atoms with Crippen LogP contribution in [-0.4, -0.2) is 41.4 Å². The Hall–Kier alpha value is -2.70. The van der Waals surface area contributed by atoms with E-state index in [4.69, 9.17) is 0 Å². The van der Waals surface area contributed by atoms with Crippen molar-refractivity contribution in [2.45, 2.75) is 33.5 Å². The van der Waals surface area contributed by atoms with Crippen LogP contribution in [0.4, 0.5) is 0 Å². The van der Waals surface area contributed by atoms with Gasteiger partial charge in [-0.3, -0.25) is 4.79 Å². The molecule has 0 radical (unpaired) electrons. The molecule has 0 saturated heterocycles. The molecule has 0 aromatic carbocycles. The van der Waals surface area contributed by atoms with Gasteiger partial charge in [0.2, 0.25) is 0 Å². The lowest BCUT2D eigenvalue weighted by Crippen LogP contribution is -2.37. The lowest BCUT2D eigenvalue weighted by atomic mass is 10.2. The number of pyridine rings is 1. The summed E-state index contributed by atoms with van der Waals surface area (Å²) in [4.78, 5) is 27.6. The largest absolute Gasteiger partial charge is 0.331 e. The zero-order valence-corrected chi connectivity index (χ0v) is 13.9. The van der Waals surface area contributed by atoms with Crippen molar-refractivity contribution in [2.24, 2.45) is 5.92 Å². The molecule has 1 amide bonds. The lowest BCUT2D eigenvalue weighted by molar-refractivity contribution is 0.0711. The van der Waals surface area contributed by atoms with Crippen molar-refractivity contribution in [3.05, 3.63) is 42.4 Å². The number of imidazole rings is 2. The van der Waals surface area contributed by atoms with E-state index in [9.17, 15) is 4.79 Å². The van der Waals surface area contributed by atoms with E-state index in [2.05, 4.69) is 33.4 Å². The summed E-state index contributed by atoms with van der Waals surface area (Å²) in [7, 11) is 0. The highest BCUT2D eigenvalue weighted by Gasteiger charge is 2.22. The van der Waals surface area contributed by atoms with E-state index in [0.29, 0.717) is 24.6 Å². The average molecular weight is 324 g/mol. The third-order valence-corrected chi connectivity index (χ3v) is 4.31. The molecule has 24 heavy (non-hydrogen) atoms. The smallest absolute Gasteiger partial charge is 0.255 e. The molecule has 0 unspecified atom stereocenters. The predicted octanol–water partition coefficient (Wildman–Crippen LogP) is 1.94. The first-order valence-electron chi connectivity index (χ1n) is 8.21. The quantitative estimate of drug-likeness (QED) is 0.738. The minimum Gasteiger partial charge on any atom is -0.331 e. The van der Waals surface area contributed by atoms with E-state index in [-0.39, 0.29) is 5.91 Å². The number of nitrogens with zero attached hydrogens (tertiary/aromatic N) is 6. The summed E-state index contributed by atoms with van der Waals surface area (Å²) in [5.74, 6) is 0.513. The monoisotopic (exact) mass is 324 g/mol. The maximum absolute atomic E-state index is 12.8. The Morgan fingerprint density at radius 3 is 2.92 bits per heavy atom. The summed E-state index contributed by atoms with van der Waals surface area (Å²) >= 11 is 0. The SMILES string of the molecule is CC(C)Cn1cnc2cc(C(=O)N3CCn4cncc4C3)cnc21. The summed E-state index contributed by atoms with van der Waals surface area (Å²) in [5.41, 5.74) is 3.25. The number of aromatic nitrogens is 5. The molecule has 7 nitrogen and oxygen atoms in total. The van der Waals surface area contributed by atoms with Gasteiger partial charge in [0.05, 0.1) is 30.5 Å². The van der Waals surface area contributed by atoms with Crippen molar-refractivity contribution < 1.29 is 4.79 Å². The standard InChI is InChI=1S/C17H20N6O/c1-12(2)8-23-11-20-15-5-13(6-19-16(15)23)17(24)21-3-4-22-10-18-7-14(22)9-21/h5-7,10-12H,3-4,8-9H2,1-2H3. The van der Waals surface area contributed by atoms with Crippen molar-refractivity contribution in [1.29, 1.82) is 0 Å². The molecule has 0 saturated carbocycles. The van der Waals surface area contributed by atoms with Crippen LogP contribution < -0.4 is 0 Å². The minimum absolute atomic E-state index is 0.00439. The van der Waals surface area contributed by atoms with Crippen LogP contribution in [0.3, 0.4) is 0 Å². The third-order valence-electron chi connectivity index (χ3n) is 4.31. The van der Waals surface area contributed by atoms with Gasteiger partial charge in [-0.25, -0.2) is 15.0 Å². The Morgan fingerprint density at radius 1 is 1.21 bits per heavy atom. The highest BCUT2D eigenvalue weighted by atomic mass is 16.2. The minimum atomic E-state index is -0.00439. The van der Waals surface area contributed by atoms with E-state index >= 15 is 0 Å². The van der Waals surface area contributed by atoms with Gasteiger partial charge < -0.3 is 14.0 Å². The van der Waals surface area contributed by atoms with Crippen molar-refractivity contribution in [1.82, 2.24) is 29.0 Å². The molecular formula is C17H20N6O. The summed E-state index contributed by atoms with van der Waals surface area (Å²) in [6.45, 7) is 7.23. The van der Waals surface area contributed by atoms with Crippen LogP contribution in [0.1, 0.15) is 29.9 Å². The number of carbonyl (C=O) groups excluding carboxylic acids is 1. The van der Waals surface area contributed by atoms with Gasteiger partial charge in [0, 0.05) is 32.0 Å². The van der Waals surface area contributed by atoms with Gasteiger partial charge in [0.25, 0.3) is 5.91 Å². The molecule has 124 valence electrons. The summed E-state index contributed by atoms with van der Waals surface area (Å²) < 4.78 is 4.12. The van der Waals surface area contributed by atoms with Crippen LogP contribution >= 0.6 is 0 Å². The van der Waals surface area contributed by atoms with Crippen LogP contribution in [0, 0.1) is 5.92 Å². The molecule has 0 bridgehead atoms. The van der Waals surface area contributed by atoms with Crippen LogP contribution in [0.15, 0.2) is 31.1 Å². The maximum Gasteiger partial charge on any atom is 0.255 e. The number of fused-ring (bicyclic) bond motifs is 2. The zero-order chi connectivity index (χ0) is 16.7. The number of carbonyl (C=O) groups is 1. The van der Waals surface area contributed by atoms with Crippen molar-refractivity contribution in [2.75, 3.05) is 6.54 Å². The zero-order valence-electron chi connectivity index (χ0n) is 13.9. The highest BCUT2D eigenvalue weighted by molar-refractivity contribution is 5.96. The van der Waals surface area contributed by atoms with Gasteiger partial charge in [-0.1, -0.05) is 13.8 Å². The Labute approximate surface area is 140 Å². The van der Waals surface area contributed by atoms with E-state index in [1.807, 2.05) is 28.1 Å². The molecule has 0 atom stereocenters. The molecule has 0 spiro atoms. The van der Waals surface area contributed by atoms with Crippen LogP contribution in [0.5, 0.6) is 0 Å². The second-order valence-electron chi connectivity index (χ2n) is 6.66. The number of hydrogen-bond acceptors (Lipinski definition) is 4. The lowest BCUT2D eigenvalue weighted by Gasteiger charge is -2.28. The number of amides is 1. The van der Waals surface area contributed by atoms with Crippen molar-refractivity contribution >= 4 is 17.1 Å². The molecule has 7 heteroatoms. The molecule has 0 N–H and O–H groups in total. The van der Waals surface area contributed by atoms with E-state index in [0.717, 1.165) is 29.9 Å². The van der Waals surface area contributed by atoms with Gasteiger partial charge in [-0.15, -0.1) is 0 Å². The number of hydrogen-bond donors (Lipinski definition) is 0. The molecule has 4 rings (SSSR count). The normalized spacial score (nSPS) is 14.4. The van der Waals surface area contributed by atoms with E-state index in [1.54, 1.807) is 12.5 Å². The Morgan fingerprint density at radius 2 is 2.08 bits per heavy atom. The van der Waals surface area contributed by atoms with Gasteiger partial charge in [0.1, 0.15) is 5.52 Å². The molecule has 3 aromatic rings. The average Bonchev–Trinajstić information content (AvgIpc) is 3.19. The Kier molecular flexibility index (Phi) is 3.55. The first-order valence-corrected chi connectivity index (χ1v) is 8.21. The first kappa shape index (κ1) is 14.9. The van der Waals surface area contributed by atoms with Crippen LogP contribution in [0.25, 0.3) is 11.2 Å². The van der Waals surface area contributed by atoms with Crippen molar-refractivity contribution in [3.63, 3.8) is 0 Å². The maximum atomic E-state index is 12.8. The topological polar surface area (TPSA) is 68.8 Å². The second kappa shape index (κ2) is 5.74. The van der Waals surface area contributed by atoms with Gasteiger partial charge in [-0.05, 0) is 12.0 Å². The molecule has 1 aliphatic heterocycles. The second-order valence-corrected chi connectivity index (χ2v) is 6.66. The molecular weight excluding hydrogens is 304 g/mol. The highest BCUT2D eigenvalue weighted by Crippen LogP contribution is 2.18. The molecule has 1 aliphatic rings.